The van der Waals surface area contributed by atoms with E-state index in [1.165, 1.54) is 4.67 Å². The van der Waals surface area contributed by atoms with Gasteiger partial charge in [0.05, 0.1) is 0 Å². The zero-order valence-electron chi connectivity index (χ0n) is 10.5. The summed E-state index contributed by atoms with van der Waals surface area (Å²) in [5.41, 5.74) is 0. The molecule has 0 N–H and O–H groups in total. The fourth-order valence-corrected chi connectivity index (χ4v) is 5.74. The molecule has 1 fully saturated rings. The third-order valence-electron chi connectivity index (χ3n) is 2.68. The predicted octanol–water partition coefficient (Wildman–Crippen LogP) is 3.00. The topological polar surface area (TPSA) is 32.8 Å². The highest BCUT2D eigenvalue weighted by Crippen LogP contribution is 2.63. The lowest BCUT2D eigenvalue weighted by molar-refractivity contribution is 0.0820. The average molecular weight is 305 g/mol. The monoisotopic (exact) mass is 304 g/mol. The van der Waals surface area contributed by atoms with E-state index >= 15 is 0 Å². The van der Waals surface area contributed by atoms with Gasteiger partial charge in [0, 0.05) is 6.66 Å². The molecule has 4 nitrogen and oxygen atoms in total. The van der Waals surface area contributed by atoms with Crippen LogP contribution in [-0.4, -0.2) is 49.1 Å². The van der Waals surface area contributed by atoms with Crippen LogP contribution in [0.15, 0.2) is 0 Å². The second-order valence-electron chi connectivity index (χ2n) is 5.10. The molecular formula is C8H19Cl2N2O2PSi. The quantitative estimate of drug-likeness (QED) is 0.340. The Morgan fingerprint density at radius 1 is 1.31 bits per heavy atom. The zero-order chi connectivity index (χ0) is 12.9. The molecule has 0 amide bonds. The standard InChI is InChI=1S/C8H19Cl2N2O2PSi/c1-11-7(14-16(4,5)6)8(9,10)12(2)15(11,3)13/h7H,1-6H3. The van der Waals surface area contributed by atoms with Gasteiger partial charge in [-0.25, -0.2) is 9.34 Å². The second-order valence-corrected chi connectivity index (χ2v) is 13.8. The molecule has 1 aliphatic rings. The summed E-state index contributed by atoms with van der Waals surface area (Å²) in [6.07, 6.45) is -0.552. The Morgan fingerprint density at radius 3 is 2.00 bits per heavy atom. The van der Waals surface area contributed by atoms with E-state index in [0.717, 1.165) is 0 Å². The molecule has 1 saturated heterocycles. The average Bonchev–Trinajstić information content (AvgIpc) is 2.17. The summed E-state index contributed by atoms with van der Waals surface area (Å²) in [6.45, 7) is 7.77. The molecule has 2 atom stereocenters. The van der Waals surface area contributed by atoms with Crippen molar-refractivity contribution in [2.24, 2.45) is 0 Å². The Morgan fingerprint density at radius 2 is 1.75 bits per heavy atom. The fourth-order valence-electron chi connectivity index (χ4n) is 1.52. The third kappa shape index (κ3) is 2.51. The molecule has 1 rings (SSSR count). The van der Waals surface area contributed by atoms with E-state index in [1.54, 1.807) is 25.4 Å². The lowest BCUT2D eigenvalue weighted by Crippen LogP contribution is -2.47. The van der Waals surface area contributed by atoms with E-state index in [9.17, 15) is 4.57 Å². The van der Waals surface area contributed by atoms with Gasteiger partial charge in [-0.15, -0.1) is 0 Å². The van der Waals surface area contributed by atoms with E-state index in [1.807, 2.05) is 19.6 Å². The summed E-state index contributed by atoms with van der Waals surface area (Å²) in [4.78, 5) is 0. The van der Waals surface area contributed by atoms with Crippen molar-refractivity contribution in [3.05, 3.63) is 0 Å². The Kier molecular flexibility index (Phi) is 3.96. The van der Waals surface area contributed by atoms with Crippen molar-refractivity contribution in [1.29, 1.82) is 0 Å². The minimum atomic E-state index is -2.69. The van der Waals surface area contributed by atoms with Crippen LogP contribution >= 0.6 is 30.6 Å². The Balaban J connectivity index is 3.07. The molecule has 1 heterocycles. The highest BCUT2D eigenvalue weighted by molar-refractivity contribution is 7.58. The molecule has 0 aromatic carbocycles. The van der Waals surface area contributed by atoms with Gasteiger partial charge < -0.3 is 4.43 Å². The Labute approximate surface area is 108 Å². The van der Waals surface area contributed by atoms with Gasteiger partial charge in [-0.2, -0.15) is 0 Å². The van der Waals surface area contributed by atoms with Gasteiger partial charge in [-0.3, -0.25) is 4.57 Å². The molecular weight excluding hydrogens is 286 g/mol. The molecule has 0 spiro atoms. The largest absolute Gasteiger partial charge is 0.398 e. The minimum Gasteiger partial charge on any atom is -0.398 e. The van der Waals surface area contributed by atoms with Crippen molar-refractivity contribution in [1.82, 2.24) is 9.34 Å². The maximum absolute atomic E-state index is 12.4. The van der Waals surface area contributed by atoms with Gasteiger partial charge in [0.25, 0.3) is 0 Å². The van der Waals surface area contributed by atoms with Crippen LogP contribution in [-0.2, 0) is 8.99 Å². The molecule has 0 radical (unpaired) electrons. The van der Waals surface area contributed by atoms with Crippen molar-refractivity contribution < 1.29 is 8.99 Å². The maximum Gasteiger partial charge on any atom is 0.217 e. The van der Waals surface area contributed by atoms with Gasteiger partial charge in [0.15, 0.2) is 14.5 Å². The van der Waals surface area contributed by atoms with E-state index in [4.69, 9.17) is 27.6 Å². The highest BCUT2D eigenvalue weighted by atomic mass is 35.5. The van der Waals surface area contributed by atoms with Crippen LogP contribution in [0, 0.1) is 0 Å². The van der Waals surface area contributed by atoms with E-state index in [0.29, 0.717) is 0 Å². The first kappa shape index (κ1) is 15.0. The summed E-state index contributed by atoms with van der Waals surface area (Å²) in [7, 11) is -1.10. The van der Waals surface area contributed by atoms with Crippen molar-refractivity contribution in [2.45, 2.75) is 30.3 Å². The number of hydrogen-bond acceptors (Lipinski definition) is 2. The smallest absolute Gasteiger partial charge is 0.217 e. The van der Waals surface area contributed by atoms with Crippen LogP contribution in [0.5, 0.6) is 0 Å². The molecule has 1 aliphatic heterocycles. The number of rotatable bonds is 2. The van der Waals surface area contributed by atoms with Crippen molar-refractivity contribution in [3.63, 3.8) is 0 Å². The molecule has 8 heteroatoms. The molecule has 96 valence electrons. The number of halogens is 2. The maximum atomic E-state index is 12.4. The van der Waals surface area contributed by atoms with Gasteiger partial charge in [0.1, 0.15) is 0 Å². The van der Waals surface area contributed by atoms with Crippen LogP contribution in [0.25, 0.3) is 0 Å². The van der Waals surface area contributed by atoms with Crippen molar-refractivity contribution >= 4 is 39.0 Å². The van der Waals surface area contributed by atoms with Crippen LogP contribution < -0.4 is 0 Å². The molecule has 16 heavy (non-hydrogen) atoms. The first-order chi connectivity index (χ1) is 6.90. The first-order valence-electron chi connectivity index (χ1n) is 5.01. The van der Waals surface area contributed by atoms with E-state index < -0.39 is 26.4 Å². The van der Waals surface area contributed by atoms with E-state index in [2.05, 4.69) is 0 Å². The molecule has 0 bridgehead atoms. The van der Waals surface area contributed by atoms with Crippen LogP contribution in [0.1, 0.15) is 0 Å². The number of hydrogen-bond donors (Lipinski definition) is 0. The van der Waals surface area contributed by atoms with Gasteiger partial charge >= 0.3 is 0 Å². The minimum absolute atomic E-state index is 0.552. The fraction of sp³-hybridized carbons (Fsp3) is 1.00. The lowest BCUT2D eigenvalue weighted by Gasteiger charge is -2.32. The van der Waals surface area contributed by atoms with Crippen LogP contribution in [0.3, 0.4) is 0 Å². The predicted molar refractivity (Wildman–Crippen MR) is 71.7 cm³/mol. The lowest BCUT2D eigenvalue weighted by atomic mass is 10.5. The Hall–Kier alpha value is 0.907. The summed E-state index contributed by atoms with van der Waals surface area (Å²) >= 11 is 12.5. The SMILES string of the molecule is CN1C(O[Si](C)(C)C)C(Cl)(Cl)N(C)P1(C)=O. The molecule has 0 aromatic rings. The second kappa shape index (κ2) is 4.23. The first-order valence-corrected chi connectivity index (χ1v) is 11.2. The number of nitrogens with zero attached hydrogens (tertiary/aromatic N) is 2. The van der Waals surface area contributed by atoms with Crippen LogP contribution in [0.2, 0.25) is 19.6 Å². The van der Waals surface area contributed by atoms with Crippen molar-refractivity contribution in [3.8, 4) is 0 Å². The molecule has 0 aliphatic carbocycles. The summed E-state index contributed by atoms with van der Waals surface area (Å²) in [6, 6.07) is 0. The van der Waals surface area contributed by atoms with Crippen molar-refractivity contribution in [2.75, 3.05) is 20.8 Å². The third-order valence-corrected chi connectivity index (χ3v) is 7.53. The molecule has 0 saturated carbocycles. The molecule has 0 aromatic heterocycles. The zero-order valence-corrected chi connectivity index (χ0v) is 13.9. The number of likely N-dealkylation sites (N-methyl/N-ethyl adjacent to an activating group) is 2. The Bertz CT molecular complexity index is 334. The van der Waals surface area contributed by atoms with Gasteiger partial charge in [0.2, 0.25) is 11.9 Å². The van der Waals surface area contributed by atoms with Crippen LogP contribution in [0.4, 0.5) is 0 Å². The highest BCUT2D eigenvalue weighted by Gasteiger charge is 2.59. The summed E-state index contributed by atoms with van der Waals surface area (Å²) in [5, 5.41) is 0. The van der Waals surface area contributed by atoms with Gasteiger partial charge in [-0.05, 0) is 33.7 Å². The van der Waals surface area contributed by atoms with E-state index in [-0.39, 0.29) is 0 Å². The van der Waals surface area contributed by atoms with Gasteiger partial charge in [-0.1, -0.05) is 23.2 Å². The molecule has 2 unspecified atom stereocenters. The normalized spacial score (nSPS) is 36.9. The number of alkyl halides is 2. The summed E-state index contributed by atoms with van der Waals surface area (Å²) in [5.74, 6) is 0. The summed E-state index contributed by atoms with van der Waals surface area (Å²) < 4.78 is 20.2.